The summed E-state index contributed by atoms with van der Waals surface area (Å²) >= 11 is 0. The van der Waals surface area contributed by atoms with E-state index in [1.807, 2.05) is 0 Å². The van der Waals surface area contributed by atoms with E-state index in [-0.39, 0.29) is 37.5 Å². The van der Waals surface area contributed by atoms with Crippen LogP contribution in [0.3, 0.4) is 0 Å². The van der Waals surface area contributed by atoms with E-state index in [0.717, 1.165) is 5.69 Å². The zero-order valence-corrected chi connectivity index (χ0v) is 13.7. The Bertz CT molecular complexity index is 638. The van der Waals surface area contributed by atoms with Crippen molar-refractivity contribution in [2.75, 3.05) is 25.0 Å². The minimum absolute atomic E-state index is 0.0205. The number of nitrogens with zero attached hydrogens (tertiary/aromatic N) is 2. The van der Waals surface area contributed by atoms with E-state index >= 15 is 0 Å². The van der Waals surface area contributed by atoms with Gasteiger partial charge in [0, 0.05) is 56.7 Å². The maximum absolute atomic E-state index is 12.1. The Hall–Kier alpha value is -2.68. The molecule has 1 fully saturated rings. The van der Waals surface area contributed by atoms with Gasteiger partial charge in [0.1, 0.15) is 0 Å². The average Bonchev–Trinajstić information content (AvgIpc) is 2.59. The molecule has 1 aliphatic heterocycles. The van der Waals surface area contributed by atoms with Gasteiger partial charge in [0.15, 0.2) is 5.60 Å². The van der Waals surface area contributed by atoms with Crippen LogP contribution in [0, 0.1) is 10.1 Å². The van der Waals surface area contributed by atoms with Gasteiger partial charge in [0.05, 0.1) is 4.92 Å². The normalized spacial score (nSPS) is 16.3. The van der Waals surface area contributed by atoms with Crippen LogP contribution < -0.4 is 5.32 Å². The van der Waals surface area contributed by atoms with E-state index in [1.165, 1.54) is 12.1 Å². The molecule has 1 aromatic carbocycles. The van der Waals surface area contributed by atoms with Crippen molar-refractivity contribution in [3.05, 3.63) is 34.4 Å². The first kappa shape index (κ1) is 18.7. The van der Waals surface area contributed by atoms with Crippen molar-refractivity contribution < 1.29 is 24.7 Å². The summed E-state index contributed by atoms with van der Waals surface area (Å²) in [5, 5.41) is 32.5. The van der Waals surface area contributed by atoms with E-state index < -0.39 is 16.5 Å². The summed E-state index contributed by atoms with van der Waals surface area (Å²) in [6, 6.07) is 6.03. The molecular weight excluding hydrogens is 330 g/mol. The van der Waals surface area contributed by atoms with Gasteiger partial charge in [-0.3, -0.25) is 14.9 Å². The maximum Gasteiger partial charge on any atom is 0.335 e. The fraction of sp³-hybridized carbons (Fsp3) is 0.500. The first-order valence-corrected chi connectivity index (χ1v) is 8.04. The first-order valence-electron chi connectivity index (χ1n) is 8.04. The molecule has 0 bridgehead atoms. The Labute approximate surface area is 144 Å². The Balaban J connectivity index is 1.69. The molecule has 9 heteroatoms. The number of non-ortho nitro benzene ring substituents is 1. The summed E-state index contributed by atoms with van der Waals surface area (Å²) in [5.41, 5.74) is -0.969. The second kappa shape index (κ2) is 7.93. The van der Waals surface area contributed by atoms with Gasteiger partial charge >= 0.3 is 5.97 Å². The highest BCUT2D eigenvalue weighted by atomic mass is 16.6. The van der Waals surface area contributed by atoms with Gasteiger partial charge in [-0.1, -0.05) is 0 Å². The lowest BCUT2D eigenvalue weighted by Gasteiger charge is -2.35. The third-order valence-electron chi connectivity index (χ3n) is 4.32. The smallest absolute Gasteiger partial charge is 0.335 e. The number of carboxylic acid groups (broad SMARTS) is 1. The summed E-state index contributed by atoms with van der Waals surface area (Å²) in [6.45, 7) is 1.01. The fourth-order valence-electron chi connectivity index (χ4n) is 2.67. The second-order valence-electron chi connectivity index (χ2n) is 6.05. The van der Waals surface area contributed by atoms with Gasteiger partial charge in [-0.25, -0.2) is 4.79 Å². The zero-order valence-electron chi connectivity index (χ0n) is 13.7. The topological polar surface area (TPSA) is 133 Å². The number of carboxylic acids is 1. The highest BCUT2D eigenvalue weighted by Gasteiger charge is 2.40. The van der Waals surface area contributed by atoms with Crippen molar-refractivity contribution in [3.63, 3.8) is 0 Å². The lowest BCUT2D eigenvalue weighted by atomic mass is 9.91. The van der Waals surface area contributed by atoms with Crippen molar-refractivity contribution in [2.45, 2.75) is 31.3 Å². The van der Waals surface area contributed by atoms with E-state index in [2.05, 4.69) is 5.32 Å². The van der Waals surface area contributed by atoms with Crippen LogP contribution in [0.2, 0.25) is 0 Å². The molecule has 0 aromatic heterocycles. The molecule has 0 atom stereocenters. The standard InChI is InChI=1S/C16H21N3O6/c20-14(18-10-7-16(23,8-11-18)15(21)22)2-1-9-17-12-3-5-13(6-4-12)19(24)25/h3-6,17,23H,1-2,7-11H2,(H,21,22). The summed E-state index contributed by atoms with van der Waals surface area (Å²) in [5.74, 6) is -1.31. The molecule has 1 saturated heterocycles. The third-order valence-corrected chi connectivity index (χ3v) is 4.32. The highest BCUT2D eigenvalue weighted by Crippen LogP contribution is 2.23. The molecular formula is C16H21N3O6. The average molecular weight is 351 g/mol. The second-order valence-corrected chi connectivity index (χ2v) is 6.05. The molecule has 2 rings (SSSR count). The van der Waals surface area contributed by atoms with E-state index in [4.69, 9.17) is 5.11 Å². The number of hydrogen-bond donors (Lipinski definition) is 3. The summed E-state index contributed by atoms with van der Waals surface area (Å²) in [4.78, 5) is 34.7. The predicted molar refractivity (Wildman–Crippen MR) is 89.2 cm³/mol. The van der Waals surface area contributed by atoms with Crippen LogP contribution in [-0.4, -0.2) is 57.1 Å². The van der Waals surface area contributed by atoms with Crippen LogP contribution in [0.15, 0.2) is 24.3 Å². The van der Waals surface area contributed by atoms with E-state index in [1.54, 1.807) is 17.0 Å². The molecule has 1 amide bonds. The molecule has 0 aliphatic carbocycles. The Morgan fingerprint density at radius 1 is 1.24 bits per heavy atom. The van der Waals surface area contributed by atoms with Crippen molar-refractivity contribution >= 4 is 23.3 Å². The number of carbonyl (C=O) groups excluding carboxylic acids is 1. The number of aliphatic carboxylic acids is 1. The number of amides is 1. The van der Waals surface area contributed by atoms with Gasteiger partial charge < -0.3 is 20.4 Å². The van der Waals surface area contributed by atoms with Crippen LogP contribution in [0.1, 0.15) is 25.7 Å². The lowest BCUT2D eigenvalue weighted by Crippen LogP contribution is -2.50. The van der Waals surface area contributed by atoms with Gasteiger partial charge in [0.25, 0.3) is 5.69 Å². The fourth-order valence-corrected chi connectivity index (χ4v) is 2.67. The predicted octanol–water partition coefficient (Wildman–Crippen LogP) is 1.22. The minimum Gasteiger partial charge on any atom is -0.479 e. The van der Waals surface area contributed by atoms with Crippen molar-refractivity contribution in [1.82, 2.24) is 4.90 Å². The molecule has 0 unspecified atom stereocenters. The number of hydrogen-bond acceptors (Lipinski definition) is 6. The van der Waals surface area contributed by atoms with Gasteiger partial charge in [-0.15, -0.1) is 0 Å². The molecule has 3 N–H and O–H groups in total. The van der Waals surface area contributed by atoms with Crippen molar-refractivity contribution in [2.24, 2.45) is 0 Å². The number of aliphatic hydroxyl groups is 1. The number of nitrogens with one attached hydrogen (secondary N) is 1. The molecule has 0 radical (unpaired) electrons. The number of nitro groups is 1. The summed E-state index contributed by atoms with van der Waals surface area (Å²) < 4.78 is 0. The largest absolute Gasteiger partial charge is 0.479 e. The number of likely N-dealkylation sites (tertiary alicyclic amines) is 1. The molecule has 1 aliphatic rings. The number of piperidine rings is 1. The van der Waals surface area contributed by atoms with Crippen LogP contribution in [0.4, 0.5) is 11.4 Å². The van der Waals surface area contributed by atoms with Crippen LogP contribution >= 0.6 is 0 Å². The number of carbonyl (C=O) groups is 2. The lowest BCUT2D eigenvalue weighted by molar-refractivity contribution is -0.384. The van der Waals surface area contributed by atoms with Crippen LogP contribution in [0.5, 0.6) is 0 Å². The maximum atomic E-state index is 12.1. The summed E-state index contributed by atoms with van der Waals surface area (Å²) in [7, 11) is 0. The molecule has 1 heterocycles. The third kappa shape index (κ3) is 4.90. The van der Waals surface area contributed by atoms with E-state index in [9.17, 15) is 24.8 Å². The molecule has 9 nitrogen and oxygen atoms in total. The molecule has 136 valence electrons. The molecule has 0 spiro atoms. The monoisotopic (exact) mass is 351 g/mol. The number of nitro benzene ring substituents is 1. The summed E-state index contributed by atoms with van der Waals surface area (Å²) in [6.07, 6.45) is 0.964. The van der Waals surface area contributed by atoms with Crippen molar-refractivity contribution in [1.29, 1.82) is 0 Å². The molecule has 25 heavy (non-hydrogen) atoms. The Kier molecular flexibility index (Phi) is 5.92. The first-order chi connectivity index (χ1) is 11.8. The number of benzene rings is 1. The minimum atomic E-state index is -1.73. The quantitative estimate of drug-likeness (QED) is 0.382. The zero-order chi connectivity index (χ0) is 18.4. The van der Waals surface area contributed by atoms with Gasteiger partial charge in [0.2, 0.25) is 5.91 Å². The molecule has 1 aromatic rings. The van der Waals surface area contributed by atoms with Crippen LogP contribution in [0.25, 0.3) is 0 Å². The van der Waals surface area contributed by atoms with Crippen LogP contribution in [-0.2, 0) is 9.59 Å². The van der Waals surface area contributed by atoms with Gasteiger partial charge in [-0.05, 0) is 18.6 Å². The SMILES string of the molecule is O=C(CCCNc1ccc([N+](=O)[O-])cc1)N1CCC(O)(C(=O)O)CC1. The Morgan fingerprint density at radius 3 is 2.36 bits per heavy atom. The van der Waals surface area contributed by atoms with E-state index in [0.29, 0.717) is 19.4 Å². The van der Waals surface area contributed by atoms with Crippen molar-refractivity contribution in [3.8, 4) is 0 Å². The van der Waals surface area contributed by atoms with Gasteiger partial charge in [-0.2, -0.15) is 0 Å². The number of rotatable bonds is 7. The molecule has 0 saturated carbocycles. The Morgan fingerprint density at radius 2 is 1.84 bits per heavy atom. The number of anilines is 1. The highest BCUT2D eigenvalue weighted by molar-refractivity contribution is 5.79.